The number of benzene rings is 1. The molecule has 2 aliphatic rings. The van der Waals surface area contributed by atoms with Crippen LogP contribution in [0.3, 0.4) is 0 Å². The summed E-state index contributed by atoms with van der Waals surface area (Å²) in [4.78, 5) is 27.8. The van der Waals surface area contributed by atoms with E-state index in [-0.39, 0.29) is 5.54 Å². The van der Waals surface area contributed by atoms with E-state index in [1.165, 1.54) is 5.56 Å². The summed E-state index contributed by atoms with van der Waals surface area (Å²) < 4.78 is 16.3. The lowest BCUT2D eigenvalue weighted by Crippen LogP contribution is -2.46. The van der Waals surface area contributed by atoms with E-state index in [4.69, 9.17) is 14.2 Å². The molecule has 172 valence electrons. The second kappa shape index (κ2) is 8.67. The first-order valence-electron chi connectivity index (χ1n) is 10.9. The van der Waals surface area contributed by atoms with Crippen LogP contribution in [0.25, 0.3) is 0 Å². The lowest BCUT2D eigenvalue weighted by molar-refractivity contribution is 0.00642. The molecule has 1 aliphatic heterocycles. The van der Waals surface area contributed by atoms with Crippen molar-refractivity contribution in [3.8, 4) is 0 Å². The fraction of sp³-hybridized carbons (Fsp3) is 0.652. The number of morpholine rings is 1. The topological polar surface area (TPSA) is 80.3 Å². The number of ether oxygens (including phenoxy) is 3. The van der Waals surface area contributed by atoms with E-state index in [2.05, 4.69) is 10.3 Å². The molecule has 31 heavy (non-hydrogen) atoms. The highest BCUT2D eigenvalue weighted by atomic mass is 16.6. The van der Waals surface area contributed by atoms with Gasteiger partial charge in [0, 0.05) is 18.6 Å². The van der Waals surface area contributed by atoms with Crippen LogP contribution in [-0.4, -0.2) is 59.6 Å². The van der Waals surface area contributed by atoms with Crippen LogP contribution >= 0.6 is 0 Å². The van der Waals surface area contributed by atoms with Gasteiger partial charge in [0.1, 0.15) is 11.2 Å². The summed E-state index contributed by atoms with van der Waals surface area (Å²) in [5, 5.41) is 0.778. The standard InChI is InChI=1S/C23H35N3O5/c1-21(2,3)30-19(27)26(20(28)31-22(4,5)6)24-18-9-7-17(8-10-18)23(11-12-23)25-13-15-29-16-14-25/h7-10,24H,11-16H2,1-6H3. The predicted octanol–water partition coefficient (Wildman–Crippen LogP) is 4.51. The summed E-state index contributed by atoms with van der Waals surface area (Å²) >= 11 is 0. The molecule has 2 fully saturated rings. The minimum atomic E-state index is -0.821. The number of hydrogen-bond acceptors (Lipinski definition) is 7. The summed E-state index contributed by atoms with van der Waals surface area (Å²) in [6.45, 7) is 13.9. The SMILES string of the molecule is CC(C)(C)OC(=O)N(Nc1ccc(C2(N3CCOCC3)CC2)cc1)C(=O)OC(C)(C)C. The predicted molar refractivity (Wildman–Crippen MR) is 118 cm³/mol. The molecular formula is C23H35N3O5. The van der Waals surface area contributed by atoms with Crippen LogP contribution in [0.1, 0.15) is 59.9 Å². The van der Waals surface area contributed by atoms with E-state index in [1.807, 2.05) is 24.3 Å². The molecule has 0 bridgehead atoms. The fourth-order valence-electron chi connectivity index (χ4n) is 3.66. The summed E-state index contributed by atoms with van der Waals surface area (Å²) in [7, 11) is 0. The second-order valence-corrected chi connectivity index (χ2v) is 10.1. The maximum absolute atomic E-state index is 12.7. The third-order valence-corrected chi connectivity index (χ3v) is 5.16. The van der Waals surface area contributed by atoms with Gasteiger partial charge in [-0.3, -0.25) is 10.3 Å². The Kier molecular flexibility index (Phi) is 6.53. The normalized spacial score (nSPS) is 18.8. The average Bonchev–Trinajstić information content (AvgIpc) is 3.46. The lowest BCUT2D eigenvalue weighted by atomic mass is 10.0. The van der Waals surface area contributed by atoms with Crippen molar-refractivity contribution in [2.75, 3.05) is 31.7 Å². The van der Waals surface area contributed by atoms with E-state index in [9.17, 15) is 9.59 Å². The van der Waals surface area contributed by atoms with Crippen LogP contribution < -0.4 is 5.43 Å². The monoisotopic (exact) mass is 433 g/mol. The van der Waals surface area contributed by atoms with Crippen LogP contribution in [-0.2, 0) is 19.7 Å². The fourth-order valence-corrected chi connectivity index (χ4v) is 3.66. The number of nitrogens with one attached hydrogen (secondary N) is 1. The summed E-state index contributed by atoms with van der Waals surface area (Å²) in [5.74, 6) is 0. The van der Waals surface area contributed by atoms with Crippen molar-refractivity contribution >= 4 is 17.9 Å². The minimum absolute atomic E-state index is 0.0817. The highest BCUT2D eigenvalue weighted by molar-refractivity contribution is 5.89. The Balaban J connectivity index is 1.74. The van der Waals surface area contributed by atoms with E-state index >= 15 is 0 Å². The van der Waals surface area contributed by atoms with Crippen molar-refractivity contribution in [3.63, 3.8) is 0 Å². The van der Waals surface area contributed by atoms with Crippen molar-refractivity contribution in [1.82, 2.24) is 9.91 Å². The average molecular weight is 434 g/mol. The van der Waals surface area contributed by atoms with Crippen LogP contribution in [0, 0.1) is 0 Å². The zero-order valence-corrected chi connectivity index (χ0v) is 19.5. The molecule has 1 N–H and O–H groups in total. The van der Waals surface area contributed by atoms with Crippen LogP contribution in [0.2, 0.25) is 0 Å². The molecule has 1 aromatic carbocycles. The Labute approximate surface area is 184 Å². The number of amides is 2. The molecule has 1 saturated heterocycles. The van der Waals surface area contributed by atoms with Gasteiger partial charge in [0.25, 0.3) is 0 Å². The van der Waals surface area contributed by atoms with Gasteiger partial charge in [-0.25, -0.2) is 9.59 Å². The largest absolute Gasteiger partial charge is 0.442 e. The molecule has 8 nitrogen and oxygen atoms in total. The Bertz CT molecular complexity index is 757. The first-order valence-corrected chi connectivity index (χ1v) is 10.9. The Morgan fingerprint density at radius 2 is 1.42 bits per heavy atom. The van der Waals surface area contributed by atoms with Gasteiger partial charge in [-0.1, -0.05) is 12.1 Å². The molecular weight excluding hydrogens is 398 g/mol. The zero-order chi connectivity index (χ0) is 22.9. The molecule has 8 heteroatoms. The van der Waals surface area contributed by atoms with Crippen LogP contribution in [0.4, 0.5) is 15.3 Å². The maximum atomic E-state index is 12.7. The molecule has 2 amide bonds. The summed E-state index contributed by atoms with van der Waals surface area (Å²) in [6, 6.07) is 7.84. The number of hydrazine groups is 1. The van der Waals surface area contributed by atoms with Crippen molar-refractivity contribution in [3.05, 3.63) is 29.8 Å². The van der Waals surface area contributed by atoms with Crippen molar-refractivity contribution in [2.24, 2.45) is 0 Å². The van der Waals surface area contributed by atoms with Gasteiger partial charge in [0.05, 0.1) is 18.9 Å². The number of anilines is 1. The van der Waals surface area contributed by atoms with Gasteiger partial charge in [0.15, 0.2) is 0 Å². The highest BCUT2D eigenvalue weighted by Gasteiger charge is 2.49. The summed E-state index contributed by atoms with van der Waals surface area (Å²) in [6.07, 6.45) is 0.610. The third-order valence-electron chi connectivity index (χ3n) is 5.16. The van der Waals surface area contributed by atoms with Gasteiger partial charge in [-0.15, -0.1) is 5.01 Å². The first-order chi connectivity index (χ1) is 14.4. The quantitative estimate of drug-likeness (QED) is 0.700. The highest BCUT2D eigenvalue weighted by Crippen LogP contribution is 2.51. The van der Waals surface area contributed by atoms with Gasteiger partial charge < -0.3 is 14.2 Å². The molecule has 1 aliphatic carbocycles. The Hall–Kier alpha value is -2.32. The van der Waals surface area contributed by atoms with Gasteiger partial charge in [-0.2, -0.15) is 0 Å². The molecule has 0 unspecified atom stereocenters. The molecule has 1 saturated carbocycles. The van der Waals surface area contributed by atoms with Crippen LogP contribution in [0.5, 0.6) is 0 Å². The number of hydrogen-bond donors (Lipinski definition) is 1. The van der Waals surface area contributed by atoms with Crippen molar-refractivity contribution in [2.45, 2.75) is 71.1 Å². The molecule has 1 aromatic rings. The van der Waals surface area contributed by atoms with Crippen molar-refractivity contribution < 1.29 is 23.8 Å². The molecule has 1 heterocycles. The van der Waals surface area contributed by atoms with Gasteiger partial charge in [0.2, 0.25) is 0 Å². The lowest BCUT2D eigenvalue weighted by Gasteiger charge is -2.35. The molecule has 3 rings (SSSR count). The summed E-state index contributed by atoms with van der Waals surface area (Å²) in [5.41, 5.74) is 3.27. The second-order valence-electron chi connectivity index (χ2n) is 10.1. The van der Waals surface area contributed by atoms with Crippen LogP contribution in [0.15, 0.2) is 24.3 Å². The zero-order valence-electron chi connectivity index (χ0n) is 19.5. The van der Waals surface area contributed by atoms with Gasteiger partial charge >= 0.3 is 12.2 Å². The smallest absolute Gasteiger partial charge is 0.439 e. The van der Waals surface area contributed by atoms with E-state index in [1.54, 1.807) is 41.5 Å². The molecule has 0 aromatic heterocycles. The third kappa shape index (κ3) is 6.11. The minimum Gasteiger partial charge on any atom is -0.442 e. The Morgan fingerprint density at radius 1 is 0.935 bits per heavy atom. The number of rotatable bonds is 4. The molecule has 0 spiro atoms. The first kappa shape index (κ1) is 23.3. The van der Waals surface area contributed by atoms with E-state index in [0.29, 0.717) is 5.69 Å². The van der Waals surface area contributed by atoms with E-state index < -0.39 is 23.4 Å². The number of imide groups is 1. The Morgan fingerprint density at radius 3 is 1.84 bits per heavy atom. The molecule has 0 atom stereocenters. The number of carbonyl (C=O) groups excluding carboxylic acids is 2. The van der Waals surface area contributed by atoms with Gasteiger partial charge in [-0.05, 0) is 72.1 Å². The van der Waals surface area contributed by atoms with E-state index in [0.717, 1.165) is 44.2 Å². The number of carbonyl (C=O) groups is 2. The maximum Gasteiger partial charge on any atom is 0.439 e. The molecule has 0 radical (unpaired) electrons. The number of nitrogens with zero attached hydrogens (tertiary/aromatic N) is 2. The van der Waals surface area contributed by atoms with Crippen molar-refractivity contribution in [1.29, 1.82) is 0 Å².